The second-order valence-electron chi connectivity index (χ2n) is 3.26. The maximum absolute atomic E-state index is 10.8. The van der Waals surface area contributed by atoms with Crippen LogP contribution in [0, 0.1) is 6.92 Å². The number of hydrogen-bond acceptors (Lipinski definition) is 4. The molecule has 2 aromatic rings. The number of aryl methyl sites for hydroxylation is 1. The lowest BCUT2D eigenvalue weighted by Gasteiger charge is -2.02. The van der Waals surface area contributed by atoms with Crippen LogP contribution in [0.15, 0.2) is 32.7 Å². The first kappa shape index (κ1) is 12.1. The Bertz CT molecular complexity index is 570. The van der Waals surface area contributed by atoms with Gasteiger partial charge in [-0.25, -0.2) is 9.78 Å². The van der Waals surface area contributed by atoms with Gasteiger partial charge in [0, 0.05) is 9.37 Å². The van der Waals surface area contributed by atoms with Crippen molar-refractivity contribution in [2.45, 2.75) is 17.0 Å². The first-order chi connectivity index (χ1) is 8.06. The molecule has 0 atom stereocenters. The van der Waals surface area contributed by atoms with E-state index in [4.69, 9.17) is 5.11 Å². The first-order valence-electron chi connectivity index (χ1n) is 4.66. The van der Waals surface area contributed by atoms with E-state index in [0.29, 0.717) is 9.63 Å². The van der Waals surface area contributed by atoms with Crippen molar-refractivity contribution in [2.24, 2.45) is 0 Å². The van der Waals surface area contributed by atoms with Gasteiger partial charge in [-0.3, -0.25) is 5.10 Å². The molecule has 88 valence electrons. The summed E-state index contributed by atoms with van der Waals surface area (Å²) in [6.07, 6.45) is 0. The normalized spacial score (nSPS) is 10.5. The molecule has 0 aliphatic heterocycles. The van der Waals surface area contributed by atoms with Crippen molar-refractivity contribution in [1.29, 1.82) is 0 Å². The molecule has 0 saturated heterocycles. The zero-order valence-corrected chi connectivity index (χ0v) is 11.2. The highest BCUT2D eigenvalue weighted by Crippen LogP contribution is 2.32. The summed E-state index contributed by atoms with van der Waals surface area (Å²) in [6, 6.07) is 4.84. The third kappa shape index (κ3) is 2.86. The average Bonchev–Trinajstić information content (AvgIpc) is 2.67. The van der Waals surface area contributed by atoms with E-state index in [9.17, 15) is 4.79 Å². The Morgan fingerprint density at radius 3 is 2.82 bits per heavy atom. The van der Waals surface area contributed by atoms with E-state index in [0.717, 1.165) is 10.7 Å². The number of carboxylic acids is 1. The van der Waals surface area contributed by atoms with E-state index in [1.807, 2.05) is 6.92 Å². The van der Waals surface area contributed by atoms with Crippen molar-refractivity contribution in [1.82, 2.24) is 15.2 Å². The Kier molecular flexibility index (Phi) is 3.49. The molecule has 0 amide bonds. The molecule has 7 heteroatoms. The van der Waals surface area contributed by atoms with E-state index < -0.39 is 5.97 Å². The van der Waals surface area contributed by atoms with Crippen molar-refractivity contribution in [2.75, 3.05) is 0 Å². The van der Waals surface area contributed by atoms with Gasteiger partial charge in [0.25, 0.3) is 0 Å². The van der Waals surface area contributed by atoms with Gasteiger partial charge in [0.1, 0.15) is 5.82 Å². The number of carboxylic acid groups (broad SMARTS) is 1. The van der Waals surface area contributed by atoms with Crippen LogP contribution in [0.3, 0.4) is 0 Å². The van der Waals surface area contributed by atoms with Crippen LogP contribution >= 0.6 is 27.7 Å². The first-order valence-corrected chi connectivity index (χ1v) is 6.27. The number of rotatable bonds is 3. The highest BCUT2D eigenvalue weighted by atomic mass is 79.9. The SMILES string of the molecule is Cc1nc(Sc2ccc(C(=O)O)cc2Br)n[nH]1. The van der Waals surface area contributed by atoms with Gasteiger partial charge in [-0.1, -0.05) is 0 Å². The Hall–Kier alpha value is -1.34. The lowest BCUT2D eigenvalue weighted by Crippen LogP contribution is -1.95. The maximum atomic E-state index is 10.8. The van der Waals surface area contributed by atoms with Gasteiger partial charge < -0.3 is 5.11 Å². The molecular weight excluding hydrogens is 306 g/mol. The summed E-state index contributed by atoms with van der Waals surface area (Å²) in [7, 11) is 0. The summed E-state index contributed by atoms with van der Waals surface area (Å²) in [4.78, 5) is 15.8. The molecule has 0 bridgehead atoms. The van der Waals surface area contributed by atoms with Crippen LogP contribution < -0.4 is 0 Å². The van der Waals surface area contributed by atoms with Crippen LogP contribution in [0.4, 0.5) is 0 Å². The van der Waals surface area contributed by atoms with Gasteiger partial charge in [0.2, 0.25) is 5.16 Å². The molecule has 0 aliphatic rings. The van der Waals surface area contributed by atoms with E-state index >= 15 is 0 Å². The van der Waals surface area contributed by atoms with Crippen LogP contribution in [-0.2, 0) is 0 Å². The predicted molar refractivity (Wildman–Crippen MR) is 66.3 cm³/mol. The minimum absolute atomic E-state index is 0.243. The zero-order valence-electron chi connectivity index (χ0n) is 8.77. The number of nitrogens with one attached hydrogen (secondary N) is 1. The molecule has 2 N–H and O–H groups in total. The standard InChI is InChI=1S/C10H8BrN3O2S/c1-5-12-10(14-13-5)17-8-3-2-6(9(15)16)4-7(8)11/h2-4H,1H3,(H,15,16)(H,12,13,14). The number of aromatic amines is 1. The maximum Gasteiger partial charge on any atom is 0.335 e. The molecule has 1 aromatic carbocycles. The fourth-order valence-electron chi connectivity index (χ4n) is 1.18. The quantitative estimate of drug-likeness (QED) is 0.910. The third-order valence-corrected chi connectivity index (χ3v) is 3.82. The number of benzene rings is 1. The number of carbonyl (C=O) groups is 1. The number of aromatic nitrogens is 3. The number of hydrogen-bond donors (Lipinski definition) is 2. The van der Waals surface area contributed by atoms with Crippen molar-refractivity contribution < 1.29 is 9.90 Å². The summed E-state index contributed by atoms with van der Waals surface area (Å²) in [5.41, 5.74) is 0.243. The van der Waals surface area contributed by atoms with Crippen LogP contribution in [0.5, 0.6) is 0 Å². The van der Waals surface area contributed by atoms with Crippen LogP contribution in [0.1, 0.15) is 16.2 Å². The van der Waals surface area contributed by atoms with Crippen molar-refractivity contribution in [3.05, 3.63) is 34.1 Å². The molecule has 1 heterocycles. The topological polar surface area (TPSA) is 78.9 Å². The summed E-state index contributed by atoms with van der Waals surface area (Å²) < 4.78 is 0.713. The van der Waals surface area contributed by atoms with Gasteiger partial charge >= 0.3 is 5.97 Å². The van der Waals surface area contributed by atoms with Gasteiger partial charge in [-0.05, 0) is 52.8 Å². The van der Waals surface area contributed by atoms with Crippen molar-refractivity contribution >= 4 is 33.7 Å². The van der Waals surface area contributed by atoms with Gasteiger partial charge in [0.15, 0.2) is 0 Å². The summed E-state index contributed by atoms with van der Waals surface area (Å²) in [6.45, 7) is 1.82. The average molecular weight is 314 g/mol. The smallest absolute Gasteiger partial charge is 0.335 e. The monoisotopic (exact) mass is 313 g/mol. The molecule has 0 radical (unpaired) electrons. The Balaban J connectivity index is 2.25. The highest BCUT2D eigenvalue weighted by Gasteiger charge is 2.09. The predicted octanol–water partition coefficient (Wildman–Crippen LogP) is 2.73. The molecule has 0 fully saturated rings. The second-order valence-corrected chi connectivity index (χ2v) is 5.12. The number of aromatic carboxylic acids is 1. The Morgan fingerprint density at radius 2 is 2.29 bits per heavy atom. The van der Waals surface area contributed by atoms with E-state index in [1.54, 1.807) is 18.2 Å². The molecule has 0 aliphatic carbocycles. The van der Waals surface area contributed by atoms with Crippen LogP contribution in [-0.4, -0.2) is 26.3 Å². The summed E-state index contributed by atoms with van der Waals surface area (Å²) >= 11 is 4.69. The number of nitrogens with zero attached hydrogens (tertiary/aromatic N) is 2. The fraction of sp³-hybridized carbons (Fsp3) is 0.100. The summed E-state index contributed by atoms with van der Waals surface area (Å²) in [5.74, 6) is -0.207. The lowest BCUT2D eigenvalue weighted by atomic mass is 10.2. The zero-order chi connectivity index (χ0) is 12.4. The van der Waals surface area contributed by atoms with Crippen LogP contribution in [0.25, 0.3) is 0 Å². The van der Waals surface area contributed by atoms with E-state index in [2.05, 4.69) is 31.1 Å². The lowest BCUT2D eigenvalue weighted by molar-refractivity contribution is 0.0696. The molecular formula is C10H8BrN3O2S. The minimum atomic E-state index is -0.948. The third-order valence-electron chi connectivity index (χ3n) is 1.96. The Morgan fingerprint density at radius 1 is 1.53 bits per heavy atom. The van der Waals surface area contributed by atoms with Crippen LogP contribution in [0.2, 0.25) is 0 Å². The van der Waals surface area contributed by atoms with Crippen molar-refractivity contribution in [3.8, 4) is 0 Å². The largest absolute Gasteiger partial charge is 0.478 e. The molecule has 0 unspecified atom stereocenters. The van der Waals surface area contributed by atoms with E-state index in [1.165, 1.54) is 11.8 Å². The molecule has 2 rings (SSSR count). The molecule has 0 spiro atoms. The minimum Gasteiger partial charge on any atom is -0.478 e. The van der Waals surface area contributed by atoms with Gasteiger partial charge in [-0.15, -0.1) is 5.10 Å². The molecule has 1 aromatic heterocycles. The van der Waals surface area contributed by atoms with Gasteiger partial charge in [-0.2, -0.15) is 0 Å². The van der Waals surface area contributed by atoms with Gasteiger partial charge in [0.05, 0.1) is 5.56 Å². The molecule has 5 nitrogen and oxygen atoms in total. The van der Waals surface area contributed by atoms with Crippen molar-refractivity contribution in [3.63, 3.8) is 0 Å². The van der Waals surface area contributed by atoms with E-state index in [-0.39, 0.29) is 5.56 Å². The number of H-pyrrole nitrogens is 1. The molecule has 17 heavy (non-hydrogen) atoms. The second kappa shape index (κ2) is 4.89. The number of halogens is 1. The fourth-order valence-corrected chi connectivity index (χ4v) is 2.57. The highest BCUT2D eigenvalue weighted by molar-refractivity contribution is 9.10. The summed E-state index contributed by atoms with van der Waals surface area (Å²) in [5, 5.41) is 16.2. The Labute approximate surface area is 110 Å². The molecule has 0 saturated carbocycles.